The molecule has 0 spiro atoms. The maximum absolute atomic E-state index is 12.3. The summed E-state index contributed by atoms with van der Waals surface area (Å²) in [7, 11) is 0. The molecule has 152 valence electrons. The van der Waals surface area contributed by atoms with Gasteiger partial charge >= 0.3 is 5.97 Å². The summed E-state index contributed by atoms with van der Waals surface area (Å²) in [6.07, 6.45) is 1.14. The van der Waals surface area contributed by atoms with Gasteiger partial charge in [0, 0.05) is 6.61 Å². The Hall–Kier alpha value is -2.59. The summed E-state index contributed by atoms with van der Waals surface area (Å²) >= 11 is 0. The number of hydrogen-bond donors (Lipinski definition) is 1. The van der Waals surface area contributed by atoms with E-state index in [1.807, 2.05) is 13.8 Å². The van der Waals surface area contributed by atoms with Crippen molar-refractivity contribution < 1.29 is 23.8 Å². The van der Waals surface area contributed by atoms with Gasteiger partial charge in [0.1, 0.15) is 17.9 Å². The molecule has 1 amide bonds. The average molecular weight is 388 g/mol. The third-order valence-corrected chi connectivity index (χ3v) is 4.97. The lowest BCUT2D eigenvalue weighted by Crippen LogP contribution is -2.52. The number of esters is 1. The highest BCUT2D eigenvalue weighted by atomic mass is 16.5. The minimum absolute atomic E-state index is 0.0912. The number of nitrogens with one attached hydrogen (secondary N) is 1. The SMILES string of the molecule is CC(OC(=O)c1ccc(OCC2CCCO2)cc1)C(=O)NC(C)(C#N)C(C)C. The van der Waals surface area contributed by atoms with E-state index in [2.05, 4.69) is 11.4 Å². The lowest BCUT2D eigenvalue weighted by molar-refractivity contribution is -0.130. The third-order valence-electron chi connectivity index (χ3n) is 4.97. The minimum Gasteiger partial charge on any atom is -0.491 e. The molecule has 1 aromatic rings. The molecule has 0 saturated carbocycles. The molecule has 0 radical (unpaired) electrons. The molecule has 1 N–H and O–H groups in total. The van der Waals surface area contributed by atoms with E-state index in [9.17, 15) is 14.9 Å². The summed E-state index contributed by atoms with van der Waals surface area (Å²) in [4.78, 5) is 24.6. The number of carbonyl (C=O) groups is 2. The summed E-state index contributed by atoms with van der Waals surface area (Å²) in [5.41, 5.74) is -0.712. The molecule has 3 unspecified atom stereocenters. The van der Waals surface area contributed by atoms with Crippen LogP contribution in [0.5, 0.6) is 5.75 Å². The Bertz CT molecular complexity index is 719. The first-order valence-corrected chi connectivity index (χ1v) is 9.54. The summed E-state index contributed by atoms with van der Waals surface area (Å²) in [5.74, 6) is -0.578. The van der Waals surface area contributed by atoms with E-state index in [1.165, 1.54) is 6.92 Å². The molecule has 1 aliphatic heterocycles. The molecule has 7 heteroatoms. The molecule has 1 saturated heterocycles. The smallest absolute Gasteiger partial charge is 0.338 e. The first-order valence-electron chi connectivity index (χ1n) is 9.54. The molecule has 3 atom stereocenters. The normalized spacial score (nSPS) is 19.4. The molecule has 7 nitrogen and oxygen atoms in total. The highest BCUT2D eigenvalue weighted by Crippen LogP contribution is 2.18. The molecular weight excluding hydrogens is 360 g/mol. The van der Waals surface area contributed by atoms with Crippen LogP contribution in [0.4, 0.5) is 0 Å². The van der Waals surface area contributed by atoms with Gasteiger partial charge in [-0.25, -0.2) is 4.79 Å². The van der Waals surface area contributed by atoms with Crippen LogP contribution in [0.3, 0.4) is 0 Å². The van der Waals surface area contributed by atoms with Crippen molar-refractivity contribution in [2.75, 3.05) is 13.2 Å². The molecule has 1 fully saturated rings. The zero-order valence-electron chi connectivity index (χ0n) is 16.9. The Morgan fingerprint density at radius 1 is 1.32 bits per heavy atom. The Morgan fingerprint density at radius 2 is 2.00 bits per heavy atom. The van der Waals surface area contributed by atoms with E-state index in [4.69, 9.17) is 14.2 Å². The molecule has 0 aliphatic carbocycles. The van der Waals surface area contributed by atoms with Crippen LogP contribution in [0.1, 0.15) is 50.9 Å². The van der Waals surface area contributed by atoms with Crippen molar-refractivity contribution in [3.05, 3.63) is 29.8 Å². The van der Waals surface area contributed by atoms with E-state index >= 15 is 0 Å². The summed E-state index contributed by atoms with van der Waals surface area (Å²) in [6, 6.07) is 8.63. The third kappa shape index (κ3) is 5.70. The summed E-state index contributed by atoms with van der Waals surface area (Å²) in [6.45, 7) is 8.04. The van der Waals surface area contributed by atoms with Gasteiger partial charge in [0.2, 0.25) is 0 Å². The van der Waals surface area contributed by atoms with Crippen LogP contribution < -0.4 is 10.1 Å². The van der Waals surface area contributed by atoms with Gasteiger partial charge in [0.05, 0.1) is 17.7 Å². The number of carbonyl (C=O) groups excluding carboxylic acids is 2. The summed E-state index contributed by atoms with van der Waals surface area (Å²) in [5, 5.41) is 11.9. The van der Waals surface area contributed by atoms with Crippen LogP contribution >= 0.6 is 0 Å². The van der Waals surface area contributed by atoms with Crippen molar-refractivity contribution in [3.63, 3.8) is 0 Å². The largest absolute Gasteiger partial charge is 0.491 e. The number of hydrogen-bond acceptors (Lipinski definition) is 6. The second kappa shape index (κ2) is 9.56. The first kappa shape index (κ1) is 21.7. The van der Waals surface area contributed by atoms with E-state index < -0.39 is 23.5 Å². The van der Waals surface area contributed by atoms with Crippen LogP contribution in [0.15, 0.2) is 24.3 Å². The molecule has 1 aliphatic rings. The summed E-state index contributed by atoms with van der Waals surface area (Å²) < 4.78 is 16.4. The van der Waals surface area contributed by atoms with Crippen molar-refractivity contribution in [2.45, 2.75) is 58.3 Å². The quantitative estimate of drug-likeness (QED) is 0.688. The van der Waals surface area contributed by atoms with Crippen molar-refractivity contribution in [1.82, 2.24) is 5.32 Å². The lowest BCUT2D eigenvalue weighted by atomic mass is 9.90. The molecule has 28 heavy (non-hydrogen) atoms. The topological polar surface area (TPSA) is 97.7 Å². The number of benzene rings is 1. The van der Waals surface area contributed by atoms with Crippen LogP contribution in [0.2, 0.25) is 0 Å². The first-order chi connectivity index (χ1) is 13.2. The van der Waals surface area contributed by atoms with E-state index in [-0.39, 0.29) is 12.0 Å². The Labute approximate surface area is 166 Å². The van der Waals surface area contributed by atoms with Gasteiger partial charge < -0.3 is 19.5 Å². The predicted molar refractivity (Wildman–Crippen MR) is 103 cm³/mol. The highest BCUT2D eigenvalue weighted by Gasteiger charge is 2.32. The number of nitrogens with zero attached hydrogens (tertiary/aromatic N) is 1. The van der Waals surface area contributed by atoms with Gasteiger partial charge in [-0.3, -0.25) is 4.79 Å². The van der Waals surface area contributed by atoms with Crippen molar-refractivity contribution in [2.24, 2.45) is 5.92 Å². The zero-order valence-corrected chi connectivity index (χ0v) is 16.9. The molecule has 0 aromatic heterocycles. The van der Waals surface area contributed by atoms with Gasteiger partial charge in [-0.1, -0.05) is 13.8 Å². The molecule has 1 heterocycles. The molecular formula is C21H28N2O5. The van der Waals surface area contributed by atoms with Crippen molar-refractivity contribution in [3.8, 4) is 11.8 Å². The van der Waals surface area contributed by atoms with E-state index in [0.29, 0.717) is 17.9 Å². The standard InChI is InChI=1S/C21H28N2O5/c1-14(2)21(4,13-22)23-19(24)15(3)28-20(25)16-7-9-17(10-8-16)27-12-18-6-5-11-26-18/h7-10,14-15,18H,5-6,11-12H2,1-4H3,(H,23,24). The van der Waals surface area contributed by atoms with Crippen LogP contribution in [-0.2, 0) is 14.3 Å². The second-order valence-corrected chi connectivity index (χ2v) is 7.48. The zero-order chi connectivity index (χ0) is 20.7. The van der Waals surface area contributed by atoms with Crippen LogP contribution in [0.25, 0.3) is 0 Å². The van der Waals surface area contributed by atoms with Crippen LogP contribution in [-0.4, -0.2) is 42.8 Å². The Morgan fingerprint density at radius 3 is 2.54 bits per heavy atom. The molecule has 2 rings (SSSR count). The number of ether oxygens (including phenoxy) is 3. The fourth-order valence-corrected chi connectivity index (χ4v) is 2.59. The van der Waals surface area contributed by atoms with Crippen molar-refractivity contribution in [1.29, 1.82) is 5.26 Å². The van der Waals surface area contributed by atoms with Crippen molar-refractivity contribution >= 4 is 11.9 Å². The van der Waals surface area contributed by atoms with E-state index in [1.54, 1.807) is 31.2 Å². The fourth-order valence-electron chi connectivity index (χ4n) is 2.59. The van der Waals surface area contributed by atoms with Gasteiger partial charge in [0.25, 0.3) is 5.91 Å². The lowest BCUT2D eigenvalue weighted by Gasteiger charge is -2.28. The number of amides is 1. The number of rotatable bonds is 8. The van der Waals surface area contributed by atoms with Gasteiger partial charge in [0.15, 0.2) is 6.10 Å². The van der Waals surface area contributed by atoms with Gasteiger partial charge in [-0.2, -0.15) is 5.26 Å². The second-order valence-electron chi connectivity index (χ2n) is 7.48. The van der Waals surface area contributed by atoms with E-state index in [0.717, 1.165) is 19.4 Å². The van der Waals surface area contributed by atoms with Crippen LogP contribution in [0, 0.1) is 17.2 Å². The minimum atomic E-state index is -1.03. The maximum Gasteiger partial charge on any atom is 0.338 e. The van der Waals surface area contributed by atoms with Gasteiger partial charge in [-0.15, -0.1) is 0 Å². The monoisotopic (exact) mass is 388 g/mol. The average Bonchev–Trinajstić information content (AvgIpc) is 3.20. The maximum atomic E-state index is 12.3. The predicted octanol–water partition coefficient (Wildman–Crippen LogP) is 2.84. The fraction of sp³-hybridized carbons (Fsp3) is 0.571. The Balaban J connectivity index is 1.87. The molecule has 0 bridgehead atoms. The van der Waals surface area contributed by atoms with Gasteiger partial charge in [-0.05, 0) is 56.9 Å². The highest BCUT2D eigenvalue weighted by molar-refractivity contribution is 5.92. The number of nitriles is 1. The Kier molecular flexibility index (Phi) is 7.41. The molecule has 1 aromatic carbocycles.